The van der Waals surface area contributed by atoms with Crippen LogP contribution in [0.3, 0.4) is 0 Å². The van der Waals surface area contributed by atoms with Crippen LogP contribution in [0.5, 0.6) is 0 Å². The largest absolute Gasteiger partial charge is 0.338 e. The zero-order valence-corrected chi connectivity index (χ0v) is 14.3. The van der Waals surface area contributed by atoms with Gasteiger partial charge in [0.15, 0.2) is 0 Å². The van der Waals surface area contributed by atoms with Gasteiger partial charge in [0.25, 0.3) is 0 Å². The van der Waals surface area contributed by atoms with Gasteiger partial charge in [-0.05, 0) is 53.4 Å². The molecule has 1 aromatic carbocycles. The molecule has 4 amide bonds. The van der Waals surface area contributed by atoms with Gasteiger partial charge in [-0.3, -0.25) is 4.90 Å². The molecule has 0 bridgehead atoms. The number of carbonyl (C=O) groups excluding carboxylic acids is 2. The van der Waals surface area contributed by atoms with Crippen molar-refractivity contribution < 1.29 is 9.59 Å². The number of urea groups is 2. The van der Waals surface area contributed by atoms with Crippen molar-refractivity contribution in [1.29, 1.82) is 0 Å². The number of nitrogens with zero attached hydrogens (tertiary/aromatic N) is 1. The van der Waals surface area contributed by atoms with E-state index in [0.29, 0.717) is 25.3 Å². The van der Waals surface area contributed by atoms with Gasteiger partial charge in [-0.2, -0.15) is 11.3 Å². The first kappa shape index (κ1) is 16.3. The van der Waals surface area contributed by atoms with E-state index in [-0.39, 0.29) is 12.1 Å². The van der Waals surface area contributed by atoms with Crippen LogP contribution in [0.15, 0.2) is 35.0 Å². The molecule has 24 heavy (non-hydrogen) atoms. The van der Waals surface area contributed by atoms with E-state index in [2.05, 4.69) is 16.0 Å². The SMILES string of the molecule is CCNC(=O)N1CCc2ccc(NC(=O)NCc3ccsc3)cc21. The van der Waals surface area contributed by atoms with Crippen molar-refractivity contribution in [3.63, 3.8) is 0 Å². The Labute approximate surface area is 144 Å². The standard InChI is InChI=1S/C17H20N4O2S/c1-2-18-17(23)21-7-5-13-3-4-14(9-15(13)21)20-16(22)19-10-12-6-8-24-11-12/h3-4,6,8-9,11H,2,5,7,10H2,1H3,(H,18,23)(H2,19,20,22). The molecule has 2 aromatic rings. The van der Waals surface area contributed by atoms with Crippen LogP contribution in [-0.2, 0) is 13.0 Å². The highest BCUT2D eigenvalue weighted by Crippen LogP contribution is 2.30. The smallest absolute Gasteiger partial charge is 0.321 e. The zero-order chi connectivity index (χ0) is 16.9. The molecule has 3 rings (SSSR count). The Balaban J connectivity index is 1.64. The number of amides is 4. The van der Waals surface area contributed by atoms with Gasteiger partial charge in [0.2, 0.25) is 0 Å². The van der Waals surface area contributed by atoms with Gasteiger partial charge >= 0.3 is 12.1 Å². The average molecular weight is 344 g/mol. The number of hydrogen-bond donors (Lipinski definition) is 3. The van der Waals surface area contributed by atoms with Crippen LogP contribution in [0, 0.1) is 0 Å². The maximum atomic E-state index is 12.1. The number of hydrogen-bond acceptors (Lipinski definition) is 3. The summed E-state index contributed by atoms with van der Waals surface area (Å²) in [5.41, 5.74) is 3.72. The minimum Gasteiger partial charge on any atom is -0.338 e. The second kappa shape index (κ2) is 7.35. The van der Waals surface area contributed by atoms with Gasteiger partial charge in [-0.15, -0.1) is 0 Å². The number of nitrogens with one attached hydrogen (secondary N) is 3. The second-order valence-electron chi connectivity index (χ2n) is 5.52. The van der Waals surface area contributed by atoms with Gasteiger partial charge < -0.3 is 16.0 Å². The quantitative estimate of drug-likeness (QED) is 0.797. The molecule has 2 heterocycles. The van der Waals surface area contributed by atoms with Crippen LogP contribution in [0.2, 0.25) is 0 Å². The van der Waals surface area contributed by atoms with Gasteiger partial charge in [0.05, 0.1) is 5.69 Å². The average Bonchev–Trinajstić information content (AvgIpc) is 3.22. The zero-order valence-electron chi connectivity index (χ0n) is 13.5. The lowest BCUT2D eigenvalue weighted by Gasteiger charge is -2.18. The van der Waals surface area contributed by atoms with Crippen LogP contribution < -0.4 is 20.9 Å². The first-order chi connectivity index (χ1) is 11.7. The molecule has 0 radical (unpaired) electrons. The first-order valence-electron chi connectivity index (χ1n) is 7.91. The molecular weight excluding hydrogens is 324 g/mol. The molecule has 1 aliphatic heterocycles. The fourth-order valence-corrected chi connectivity index (χ4v) is 3.33. The van der Waals surface area contributed by atoms with Gasteiger partial charge in [-0.1, -0.05) is 6.07 Å². The van der Waals surface area contributed by atoms with Crippen molar-refractivity contribution in [2.75, 3.05) is 23.3 Å². The third kappa shape index (κ3) is 3.68. The highest BCUT2D eigenvalue weighted by molar-refractivity contribution is 7.07. The van der Waals surface area contributed by atoms with Crippen molar-refractivity contribution in [2.24, 2.45) is 0 Å². The highest BCUT2D eigenvalue weighted by atomic mass is 32.1. The molecule has 126 valence electrons. The third-order valence-corrected chi connectivity index (χ3v) is 4.58. The molecule has 0 saturated carbocycles. The summed E-state index contributed by atoms with van der Waals surface area (Å²) in [6.45, 7) is 3.64. The summed E-state index contributed by atoms with van der Waals surface area (Å²) >= 11 is 1.60. The third-order valence-electron chi connectivity index (χ3n) is 3.85. The lowest BCUT2D eigenvalue weighted by Crippen LogP contribution is -2.38. The van der Waals surface area contributed by atoms with Crippen LogP contribution in [0.25, 0.3) is 0 Å². The molecule has 0 saturated heterocycles. The van der Waals surface area contributed by atoms with E-state index in [1.54, 1.807) is 16.2 Å². The summed E-state index contributed by atoms with van der Waals surface area (Å²) in [5.74, 6) is 0. The molecule has 1 aliphatic rings. The number of benzene rings is 1. The predicted octanol–water partition coefficient (Wildman–Crippen LogP) is 3.16. The molecule has 0 atom stereocenters. The maximum Gasteiger partial charge on any atom is 0.321 e. The molecule has 0 spiro atoms. The number of thiophene rings is 1. The Morgan fingerprint density at radius 1 is 1.25 bits per heavy atom. The monoisotopic (exact) mass is 344 g/mol. The molecular formula is C17H20N4O2S. The normalized spacial score (nSPS) is 12.6. The van der Waals surface area contributed by atoms with Gasteiger partial charge in [0.1, 0.15) is 0 Å². The summed E-state index contributed by atoms with van der Waals surface area (Å²) in [5, 5.41) is 12.4. The summed E-state index contributed by atoms with van der Waals surface area (Å²) < 4.78 is 0. The van der Waals surface area contributed by atoms with E-state index in [1.165, 1.54) is 0 Å². The Morgan fingerprint density at radius 3 is 2.88 bits per heavy atom. The topological polar surface area (TPSA) is 73.5 Å². The van der Waals surface area contributed by atoms with E-state index >= 15 is 0 Å². The van der Waals surface area contributed by atoms with Crippen molar-refractivity contribution in [2.45, 2.75) is 19.9 Å². The molecule has 7 heteroatoms. The molecule has 6 nitrogen and oxygen atoms in total. The predicted molar refractivity (Wildman–Crippen MR) is 96.7 cm³/mol. The number of rotatable bonds is 4. The minimum atomic E-state index is -0.260. The van der Waals surface area contributed by atoms with Crippen LogP contribution in [0.4, 0.5) is 21.0 Å². The second-order valence-corrected chi connectivity index (χ2v) is 6.30. The molecule has 1 aromatic heterocycles. The Hall–Kier alpha value is -2.54. The lowest BCUT2D eigenvalue weighted by molar-refractivity contribution is 0.247. The van der Waals surface area contributed by atoms with Crippen molar-refractivity contribution in [1.82, 2.24) is 10.6 Å². The fraction of sp³-hybridized carbons (Fsp3) is 0.294. The molecule has 0 unspecified atom stereocenters. The molecule has 0 fully saturated rings. The Morgan fingerprint density at radius 2 is 2.12 bits per heavy atom. The van der Waals surface area contributed by atoms with Gasteiger partial charge in [-0.25, -0.2) is 9.59 Å². The van der Waals surface area contributed by atoms with Crippen LogP contribution in [0.1, 0.15) is 18.1 Å². The summed E-state index contributed by atoms with van der Waals surface area (Å²) in [4.78, 5) is 25.8. The van der Waals surface area contributed by atoms with Crippen molar-refractivity contribution >= 4 is 34.8 Å². The summed E-state index contributed by atoms with van der Waals surface area (Å²) in [7, 11) is 0. The molecule has 0 aliphatic carbocycles. The highest BCUT2D eigenvalue weighted by Gasteiger charge is 2.24. The Kier molecular flexibility index (Phi) is 5.00. The minimum absolute atomic E-state index is 0.102. The van der Waals surface area contributed by atoms with E-state index < -0.39 is 0 Å². The van der Waals surface area contributed by atoms with E-state index in [9.17, 15) is 9.59 Å². The summed E-state index contributed by atoms with van der Waals surface area (Å²) in [6, 6.07) is 7.29. The van der Waals surface area contributed by atoms with Gasteiger partial charge in [0, 0.05) is 25.3 Å². The number of fused-ring (bicyclic) bond motifs is 1. The summed E-state index contributed by atoms with van der Waals surface area (Å²) in [6.07, 6.45) is 0.830. The Bertz CT molecular complexity index is 730. The van der Waals surface area contributed by atoms with Crippen molar-refractivity contribution in [3.8, 4) is 0 Å². The number of anilines is 2. The van der Waals surface area contributed by atoms with Crippen LogP contribution in [-0.4, -0.2) is 25.2 Å². The van der Waals surface area contributed by atoms with Crippen LogP contribution >= 0.6 is 11.3 Å². The molecule has 3 N–H and O–H groups in total. The first-order valence-corrected chi connectivity index (χ1v) is 8.86. The van der Waals surface area contributed by atoms with E-state index in [0.717, 1.165) is 23.2 Å². The van der Waals surface area contributed by atoms with Crippen molar-refractivity contribution in [3.05, 3.63) is 46.2 Å². The van der Waals surface area contributed by atoms with E-state index in [1.807, 2.05) is 41.9 Å². The fourth-order valence-electron chi connectivity index (χ4n) is 2.67. The van der Waals surface area contributed by atoms with E-state index in [4.69, 9.17) is 0 Å². The number of carbonyl (C=O) groups is 2. The lowest BCUT2D eigenvalue weighted by atomic mass is 10.1. The maximum absolute atomic E-state index is 12.1.